The molecule has 0 radical (unpaired) electrons. The quantitative estimate of drug-likeness (QED) is 0.871. The number of hydrogen-bond donors (Lipinski definition) is 1. The van der Waals surface area contributed by atoms with Crippen LogP contribution in [0.1, 0.15) is 36.1 Å². The van der Waals surface area contributed by atoms with Gasteiger partial charge >= 0.3 is 0 Å². The highest BCUT2D eigenvalue weighted by atomic mass is 19.1. The molecule has 1 unspecified atom stereocenters. The lowest BCUT2D eigenvalue weighted by atomic mass is 9.99. The molecular formula is C17H20F2N2. The average Bonchev–Trinajstić information content (AvgIpc) is 2.42. The number of halogens is 2. The summed E-state index contributed by atoms with van der Waals surface area (Å²) in [6, 6.07) is 5.71. The Bertz CT molecular complexity index is 579. The van der Waals surface area contributed by atoms with Gasteiger partial charge in [0.1, 0.15) is 11.6 Å². The van der Waals surface area contributed by atoms with Crippen molar-refractivity contribution in [2.24, 2.45) is 0 Å². The summed E-state index contributed by atoms with van der Waals surface area (Å²) in [5.74, 6) is -1.08. The van der Waals surface area contributed by atoms with Gasteiger partial charge in [-0.3, -0.25) is 4.98 Å². The summed E-state index contributed by atoms with van der Waals surface area (Å²) in [5.41, 5.74) is 2.75. The second-order valence-electron chi connectivity index (χ2n) is 5.28. The van der Waals surface area contributed by atoms with Gasteiger partial charge < -0.3 is 5.32 Å². The lowest BCUT2D eigenvalue weighted by molar-refractivity contribution is 0.521. The molecule has 1 aromatic carbocycles. The molecule has 0 aliphatic heterocycles. The number of hydrogen-bond acceptors (Lipinski definition) is 2. The van der Waals surface area contributed by atoms with E-state index in [9.17, 15) is 8.78 Å². The second kappa shape index (κ2) is 7.27. The van der Waals surface area contributed by atoms with Gasteiger partial charge in [-0.15, -0.1) is 0 Å². The maximum Gasteiger partial charge on any atom is 0.126 e. The number of nitrogens with one attached hydrogen (secondary N) is 1. The summed E-state index contributed by atoms with van der Waals surface area (Å²) in [5, 5.41) is 3.42. The van der Waals surface area contributed by atoms with E-state index < -0.39 is 11.6 Å². The van der Waals surface area contributed by atoms with E-state index in [0.717, 1.165) is 30.2 Å². The first-order valence-corrected chi connectivity index (χ1v) is 7.18. The van der Waals surface area contributed by atoms with Crippen molar-refractivity contribution in [3.8, 4) is 0 Å². The van der Waals surface area contributed by atoms with Crippen molar-refractivity contribution in [2.75, 3.05) is 6.54 Å². The first-order chi connectivity index (χ1) is 10.1. The Balaban J connectivity index is 2.23. The van der Waals surface area contributed by atoms with E-state index in [-0.39, 0.29) is 6.04 Å². The van der Waals surface area contributed by atoms with E-state index in [0.29, 0.717) is 12.0 Å². The van der Waals surface area contributed by atoms with Crippen LogP contribution in [0.2, 0.25) is 0 Å². The fourth-order valence-corrected chi connectivity index (χ4v) is 2.36. The van der Waals surface area contributed by atoms with Crippen molar-refractivity contribution in [3.05, 3.63) is 65.0 Å². The van der Waals surface area contributed by atoms with Crippen molar-refractivity contribution < 1.29 is 8.78 Å². The molecule has 2 rings (SSSR count). The molecule has 0 aliphatic carbocycles. The molecular weight excluding hydrogens is 270 g/mol. The Morgan fingerprint density at radius 2 is 1.81 bits per heavy atom. The van der Waals surface area contributed by atoms with Crippen LogP contribution in [-0.4, -0.2) is 11.5 Å². The maximum absolute atomic E-state index is 13.3. The number of nitrogens with zero attached hydrogens (tertiary/aromatic N) is 1. The zero-order valence-electron chi connectivity index (χ0n) is 12.4. The molecule has 0 saturated carbocycles. The molecule has 0 aliphatic rings. The van der Waals surface area contributed by atoms with Gasteiger partial charge in [-0.25, -0.2) is 8.78 Å². The van der Waals surface area contributed by atoms with Gasteiger partial charge in [0, 0.05) is 24.5 Å². The van der Waals surface area contributed by atoms with Crippen LogP contribution in [0.25, 0.3) is 0 Å². The van der Waals surface area contributed by atoms with Crippen LogP contribution < -0.4 is 5.32 Å². The van der Waals surface area contributed by atoms with Crippen molar-refractivity contribution in [1.82, 2.24) is 10.3 Å². The highest BCUT2D eigenvalue weighted by molar-refractivity contribution is 5.25. The van der Waals surface area contributed by atoms with Crippen LogP contribution in [0.5, 0.6) is 0 Å². The molecule has 4 heteroatoms. The summed E-state index contributed by atoms with van der Waals surface area (Å²) in [6.07, 6.45) is 5.12. The minimum Gasteiger partial charge on any atom is -0.310 e. The van der Waals surface area contributed by atoms with E-state index in [1.54, 1.807) is 12.4 Å². The topological polar surface area (TPSA) is 24.9 Å². The van der Waals surface area contributed by atoms with Crippen molar-refractivity contribution >= 4 is 0 Å². The van der Waals surface area contributed by atoms with Crippen LogP contribution in [0, 0.1) is 18.6 Å². The van der Waals surface area contributed by atoms with E-state index in [4.69, 9.17) is 0 Å². The zero-order valence-corrected chi connectivity index (χ0v) is 12.4. The molecule has 0 saturated heterocycles. The standard InChI is InChI=1S/C17H20F2N2/c1-3-4-21-17(14-5-12(2)10-20-11-14)8-13-6-15(18)9-16(19)7-13/h5-7,9-11,17,21H,3-4,8H2,1-2H3. The van der Waals surface area contributed by atoms with Gasteiger partial charge in [-0.05, 0) is 55.1 Å². The van der Waals surface area contributed by atoms with Crippen molar-refractivity contribution in [3.63, 3.8) is 0 Å². The van der Waals surface area contributed by atoms with E-state index >= 15 is 0 Å². The summed E-state index contributed by atoms with van der Waals surface area (Å²) in [7, 11) is 0. The summed E-state index contributed by atoms with van der Waals surface area (Å²) >= 11 is 0. The number of aromatic nitrogens is 1. The van der Waals surface area contributed by atoms with Crippen LogP contribution in [0.3, 0.4) is 0 Å². The maximum atomic E-state index is 13.3. The number of rotatable bonds is 6. The number of benzene rings is 1. The third-order valence-electron chi connectivity index (χ3n) is 3.30. The van der Waals surface area contributed by atoms with E-state index in [2.05, 4.69) is 23.3 Å². The summed E-state index contributed by atoms with van der Waals surface area (Å²) in [6.45, 7) is 4.91. The molecule has 112 valence electrons. The fraction of sp³-hybridized carbons (Fsp3) is 0.353. The Kier molecular flexibility index (Phi) is 5.39. The molecule has 1 heterocycles. The Hall–Kier alpha value is -1.81. The van der Waals surface area contributed by atoms with Gasteiger partial charge in [0.25, 0.3) is 0 Å². The Morgan fingerprint density at radius 3 is 2.43 bits per heavy atom. The zero-order chi connectivity index (χ0) is 15.2. The average molecular weight is 290 g/mol. The normalized spacial score (nSPS) is 12.4. The van der Waals surface area contributed by atoms with E-state index in [1.807, 2.05) is 6.92 Å². The van der Waals surface area contributed by atoms with E-state index in [1.165, 1.54) is 12.1 Å². The highest BCUT2D eigenvalue weighted by Gasteiger charge is 2.13. The van der Waals surface area contributed by atoms with Crippen LogP contribution >= 0.6 is 0 Å². The molecule has 1 aromatic heterocycles. The number of aryl methyl sites for hydroxylation is 1. The number of pyridine rings is 1. The predicted molar refractivity (Wildman–Crippen MR) is 80.1 cm³/mol. The fourth-order valence-electron chi connectivity index (χ4n) is 2.36. The van der Waals surface area contributed by atoms with Crippen LogP contribution in [-0.2, 0) is 6.42 Å². The molecule has 0 amide bonds. The molecule has 1 N–H and O–H groups in total. The van der Waals surface area contributed by atoms with Gasteiger partial charge in [0.15, 0.2) is 0 Å². The van der Waals surface area contributed by atoms with Crippen LogP contribution in [0.15, 0.2) is 36.7 Å². The molecule has 0 bridgehead atoms. The third kappa shape index (κ3) is 4.60. The predicted octanol–water partition coefficient (Wildman–Crippen LogP) is 3.95. The largest absolute Gasteiger partial charge is 0.310 e. The first-order valence-electron chi connectivity index (χ1n) is 7.18. The minimum absolute atomic E-state index is 0.00134. The van der Waals surface area contributed by atoms with Gasteiger partial charge in [-0.1, -0.05) is 13.0 Å². The Morgan fingerprint density at radius 1 is 1.10 bits per heavy atom. The third-order valence-corrected chi connectivity index (χ3v) is 3.30. The summed E-state index contributed by atoms with van der Waals surface area (Å²) < 4.78 is 26.6. The van der Waals surface area contributed by atoms with Crippen molar-refractivity contribution in [2.45, 2.75) is 32.7 Å². The van der Waals surface area contributed by atoms with Crippen LogP contribution in [0.4, 0.5) is 8.78 Å². The molecule has 21 heavy (non-hydrogen) atoms. The molecule has 2 aromatic rings. The highest BCUT2D eigenvalue weighted by Crippen LogP contribution is 2.20. The monoisotopic (exact) mass is 290 g/mol. The van der Waals surface area contributed by atoms with Gasteiger partial charge in [0.05, 0.1) is 0 Å². The van der Waals surface area contributed by atoms with Gasteiger partial charge in [0.2, 0.25) is 0 Å². The SMILES string of the molecule is CCCNC(Cc1cc(F)cc(F)c1)c1cncc(C)c1. The molecule has 0 spiro atoms. The molecule has 1 atom stereocenters. The minimum atomic E-state index is -0.540. The Labute approximate surface area is 124 Å². The summed E-state index contributed by atoms with van der Waals surface area (Å²) in [4.78, 5) is 4.20. The lowest BCUT2D eigenvalue weighted by Crippen LogP contribution is -2.24. The first kappa shape index (κ1) is 15.6. The second-order valence-corrected chi connectivity index (χ2v) is 5.28. The smallest absolute Gasteiger partial charge is 0.126 e. The van der Waals surface area contributed by atoms with Crippen molar-refractivity contribution in [1.29, 1.82) is 0 Å². The van der Waals surface area contributed by atoms with Gasteiger partial charge in [-0.2, -0.15) is 0 Å². The molecule has 0 fully saturated rings. The lowest BCUT2D eigenvalue weighted by Gasteiger charge is -2.19. The molecule has 2 nitrogen and oxygen atoms in total.